The Hall–Kier alpha value is -2.39. The SMILES string of the molecule is Nn1c(SCC(=O)Nc2ccccc2Br)nnc1-c1ccccn1. The number of carbonyl (C=O) groups excluding carboxylic acids is 1. The number of aromatic nitrogens is 4. The minimum atomic E-state index is -0.158. The van der Waals surface area contributed by atoms with Crippen LogP contribution in [0.1, 0.15) is 0 Å². The molecule has 7 nitrogen and oxygen atoms in total. The number of nitrogens with one attached hydrogen (secondary N) is 1. The molecule has 0 atom stereocenters. The Morgan fingerprint density at radius 1 is 1.21 bits per heavy atom. The lowest BCUT2D eigenvalue weighted by Crippen LogP contribution is -2.16. The molecule has 0 saturated heterocycles. The van der Waals surface area contributed by atoms with Crippen LogP contribution in [0.3, 0.4) is 0 Å². The third-order valence-electron chi connectivity index (χ3n) is 3.04. The van der Waals surface area contributed by atoms with Crippen LogP contribution in [0.2, 0.25) is 0 Å². The van der Waals surface area contributed by atoms with Crippen LogP contribution in [0.4, 0.5) is 5.69 Å². The maximum Gasteiger partial charge on any atom is 0.234 e. The fraction of sp³-hybridized carbons (Fsp3) is 0.0667. The average molecular weight is 405 g/mol. The number of para-hydroxylation sites is 1. The molecule has 0 aliphatic rings. The average Bonchev–Trinajstić information content (AvgIpc) is 2.97. The molecule has 0 radical (unpaired) electrons. The van der Waals surface area contributed by atoms with Crippen molar-refractivity contribution in [3.63, 3.8) is 0 Å². The van der Waals surface area contributed by atoms with Crippen molar-refractivity contribution >= 4 is 39.3 Å². The van der Waals surface area contributed by atoms with Crippen molar-refractivity contribution in [1.29, 1.82) is 0 Å². The second-order valence-electron chi connectivity index (χ2n) is 4.71. The number of halogens is 1. The summed E-state index contributed by atoms with van der Waals surface area (Å²) >= 11 is 4.59. The molecule has 0 aliphatic heterocycles. The Bertz CT molecular complexity index is 854. The minimum absolute atomic E-state index is 0.158. The summed E-state index contributed by atoms with van der Waals surface area (Å²) in [7, 11) is 0. The highest BCUT2D eigenvalue weighted by molar-refractivity contribution is 9.10. The van der Waals surface area contributed by atoms with Gasteiger partial charge in [-0.15, -0.1) is 10.2 Å². The Labute approximate surface area is 150 Å². The van der Waals surface area contributed by atoms with Crippen LogP contribution in [-0.4, -0.2) is 31.5 Å². The van der Waals surface area contributed by atoms with Gasteiger partial charge in [-0.3, -0.25) is 9.78 Å². The zero-order chi connectivity index (χ0) is 16.9. The van der Waals surface area contributed by atoms with Crippen molar-refractivity contribution in [2.45, 2.75) is 5.16 Å². The van der Waals surface area contributed by atoms with Crippen LogP contribution < -0.4 is 11.2 Å². The van der Waals surface area contributed by atoms with Crippen molar-refractivity contribution < 1.29 is 4.79 Å². The van der Waals surface area contributed by atoms with Crippen LogP contribution in [0, 0.1) is 0 Å². The second-order valence-corrected chi connectivity index (χ2v) is 6.50. The smallest absolute Gasteiger partial charge is 0.234 e. The molecule has 0 fully saturated rings. The predicted molar refractivity (Wildman–Crippen MR) is 96.9 cm³/mol. The number of pyridine rings is 1. The van der Waals surface area contributed by atoms with Crippen molar-refractivity contribution in [3.8, 4) is 11.5 Å². The molecule has 3 N–H and O–H groups in total. The van der Waals surface area contributed by atoms with E-state index in [1.165, 1.54) is 16.4 Å². The van der Waals surface area contributed by atoms with Crippen LogP contribution in [0.5, 0.6) is 0 Å². The number of anilines is 1. The van der Waals surface area contributed by atoms with E-state index in [1.807, 2.05) is 36.4 Å². The molecule has 1 aromatic carbocycles. The van der Waals surface area contributed by atoms with E-state index in [4.69, 9.17) is 5.84 Å². The molecule has 122 valence electrons. The number of rotatable bonds is 5. The van der Waals surface area contributed by atoms with Gasteiger partial charge in [0.05, 0.1) is 11.4 Å². The summed E-state index contributed by atoms with van der Waals surface area (Å²) in [5.74, 6) is 6.45. The molecule has 3 rings (SSSR count). The molecule has 0 aliphatic carbocycles. The largest absolute Gasteiger partial charge is 0.335 e. The number of nitrogens with zero attached hydrogens (tertiary/aromatic N) is 4. The fourth-order valence-electron chi connectivity index (χ4n) is 1.92. The molecule has 1 amide bonds. The van der Waals surface area contributed by atoms with E-state index < -0.39 is 0 Å². The predicted octanol–water partition coefficient (Wildman–Crippen LogP) is 2.55. The highest BCUT2D eigenvalue weighted by Crippen LogP contribution is 2.23. The quantitative estimate of drug-likeness (QED) is 0.500. The van der Waals surface area contributed by atoms with E-state index in [-0.39, 0.29) is 11.7 Å². The summed E-state index contributed by atoms with van der Waals surface area (Å²) in [4.78, 5) is 16.2. The van der Waals surface area contributed by atoms with Gasteiger partial charge in [0.25, 0.3) is 0 Å². The zero-order valence-electron chi connectivity index (χ0n) is 12.4. The Morgan fingerprint density at radius 3 is 2.75 bits per heavy atom. The standard InChI is InChI=1S/C15H13BrN6OS/c16-10-5-1-2-6-11(10)19-13(23)9-24-15-21-20-14(22(15)17)12-7-3-4-8-18-12/h1-8H,9,17H2,(H,19,23). The van der Waals surface area contributed by atoms with E-state index in [0.717, 1.165) is 4.47 Å². The molecule has 9 heteroatoms. The Kier molecular flexibility index (Phi) is 5.11. The third-order valence-corrected chi connectivity index (χ3v) is 4.67. The molecular formula is C15H13BrN6OS. The number of carbonyl (C=O) groups is 1. The van der Waals surface area contributed by atoms with Crippen molar-refractivity contribution in [2.24, 2.45) is 0 Å². The maximum absolute atomic E-state index is 12.1. The van der Waals surface area contributed by atoms with Crippen LogP contribution in [0.15, 0.2) is 58.3 Å². The molecule has 24 heavy (non-hydrogen) atoms. The Morgan fingerprint density at radius 2 is 2.00 bits per heavy atom. The summed E-state index contributed by atoms with van der Waals surface area (Å²) in [5.41, 5.74) is 1.34. The summed E-state index contributed by atoms with van der Waals surface area (Å²) in [6.07, 6.45) is 1.65. The van der Waals surface area contributed by atoms with Gasteiger partial charge < -0.3 is 11.2 Å². The molecule has 0 bridgehead atoms. The van der Waals surface area contributed by atoms with Gasteiger partial charge in [0.1, 0.15) is 5.69 Å². The van der Waals surface area contributed by atoms with Gasteiger partial charge in [-0.05, 0) is 40.2 Å². The molecule has 0 unspecified atom stereocenters. The molecule has 0 spiro atoms. The summed E-state index contributed by atoms with van der Waals surface area (Å²) in [6, 6.07) is 12.8. The highest BCUT2D eigenvalue weighted by atomic mass is 79.9. The lowest BCUT2D eigenvalue weighted by atomic mass is 10.3. The minimum Gasteiger partial charge on any atom is -0.335 e. The van der Waals surface area contributed by atoms with E-state index in [2.05, 4.69) is 36.4 Å². The summed E-state index contributed by atoms with van der Waals surface area (Å²) in [6.45, 7) is 0. The number of amides is 1. The van der Waals surface area contributed by atoms with Crippen LogP contribution in [-0.2, 0) is 4.79 Å². The van der Waals surface area contributed by atoms with Crippen molar-refractivity contribution in [2.75, 3.05) is 16.9 Å². The normalized spacial score (nSPS) is 10.5. The van der Waals surface area contributed by atoms with Gasteiger partial charge in [0.15, 0.2) is 0 Å². The third kappa shape index (κ3) is 3.74. The zero-order valence-corrected chi connectivity index (χ0v) is 14.8. The first-order chi connectivity index (χ1) is 11.6. The maximum atomic E-state index is 12.1. The second kappa shape index (κ2) is 7.45. The van der Waals surface area contributed by atoms with E-state index in [9.17, 15) is 4.79 Å². The van der Waals surface area contributed by atoms with Gasteiger partial charge in [0, 0.05) is 10.7 Å². The molecule has 3 aromatic rings. The first kappa shape index (κ1) is 16.5. The first-order valence-corrected chi connectivity index (χ1v) is 8.72. The first-order valence-electron chi connectivity index (χ1n) is 6.94. The number of thioether (sulfide) groups is 1. The van der Waals surface area contributed by atoms with Crippen molar-refractivity contribution in [3.05, 3.63) is 53.1 Å². The van der Waals surface area contributed by atoms with Gasteiger partial charge in [-0.1, -0.05) is 30.0 Å². The van der Waals surface area contributed by atoms with Gasteiger partial charge >= 0.3 is 0 Å². The van der Waals surface area contributed by atoms with Gasteiger partial charge in [-0.25, -0.2) is 4.68 Å². The Balaban J connectivity index is 1.64. The van der Waals surface area contributed by atoms with E-state index in [1.54, 1.807) is 12.3 Å². The highest BCUT2D eigenvalue weighted by Gasteiger charge is 2.14. The van der Waals surface area contributed by atoms with Gasteiger partial charge in [-0.2, -0.15) is 0 Å². The van der Waals surface area contributed by atoms with Crippen LogP contribution >= 0.6 is 27.7 Å². The number of nitrogens with two attached hydrogens (primary N) is 1. The topological polar surface area (TPSA) is 98.7 Å². The monoisotopic (exact) mass is 404 g/mol. The number of nitrogen functional groups attached to an aromatic ring is 1. The lowest BCUT2D eigenvalue weighted by Gasteiger charge is -2.07. The van der Waals surface area contributed by atoms with Gasteiger partial charge in [0.2, 0.25) is 16.9 Å². The fourth-order valence-corrected chi connectivity index (χ4v) is 2.96. The molecule has 2 aromatic heterocycles. The molecule has 0 saturated carbocycles. The number of hydrogen-bond acceptors (Lipinski definition) is 6. The molecular weight excluding hydrogens is 392 g/mol. The van der Waals surface area contributed by atoms with Crippen molar-refractivity contribution in [1.82, 2.24) is 19.9 Å². The number of benzene rings is 1. The summed E-state index contributed by atoms with van der Waals surface area (Å²) < 4.78 is 2.15. The van der Waals surface area contributed by atoms with Crippen LogP contribution in [0.25, 0.3) is 11.5 Å². The lowest BCUT2D eigenvalue weighted by molar-refractivity contribution is -0.113. The van der Waals surface area contributed by atoms with E-state index >= 15 is 0 Å². The van der Waals surface area contributed by atoms with E-state index in [0.29, 0.717) is 22.4 Å². The molecule has 2 heterocycles. The summed E-state index contributed by atoms with van der Waals surface area (Å²) in [5, 5.41) is 11.3. The number of hydrogen-bond donors (Lipinski definition) is 2.